The molecule has 0 atom stereocenters. The van der Waals surface area contributed by atoms with Gasteiger partial charge in [-0.05, 0) is 73.6 Å². The highest BCUT2D eigenvalue weighted by Gasteiger charge is 2.16. The predicted octanol–water partition coefficient (Wildman–Crippen LogP) is 5.44. The summed E-state index contributed by atoms with van der Waals surface area (Å²) in [6, 6.07) is 15.9. The maximum Gasteiger partial charge on any atom is 0.234 e. The summed E-state index contributed by atoms with van der Waals surface area (Å²) < 4.78 is 7.87. The number of nitrogens with zero attached hydrogens (tertiary/aromatic N) is 3. The van der Waals surface area contributed by atoms with Gasteiger partial charge in [0.05, 0.1) is 11.9 Å². The van der Waals surface area contributed by atoms with Crippen LogP contribution in [0.1, 0.15) is 51.0 Å². The van der Waals surface area contributed by atoms with Crippen molar-refractivity contribution < 1.29 is 9.53 Å². The van der Waals surface area contributed by atoms with E-state index >= 15 is 0 Å². The van der Waals surface area contributed by atoms with Crippen molar-refractivity contribution in [1.82, 2.24) is 14.8 Å². The molecule has 1 N–H and O–H groups in total. The number of hydrogen-bond acceptors (Lipinski definition) is 5. The Morgan fingerprint density at radius 1 is 1.13 bits per heavy atom. The molecule has 1 fully saturated rings. The molecule has 1 aliphatic rings. The summed E-state index contributed by atoms with van der Waals surface area (Å²) in [5.74, 6) is 1.51. The van der Waals surface area contributed by atoms with Gasteiger partial charge < -0.3 is 10.1 Å². The molecule has 0 unspecified atom stereocenters. The van der Waals surface area contributed by atoms with Gasteiger partial charge in [-0.25, -0.2) is 0 Å². The number of rotatable bonds is 8. The highest BCUT2D eigenvalue weighted by atomic mass is 32.2. The smallest absolute Gasteiger partial charge is 0.234 e. The van der Waals surface area contributed by atoms with Gasteiger partial charge in [0.1, 0.15) is 12.1 Å². The van der Waals surface area contributed by atoms with Crippen LogP contribution in [0.3, 0.4) is 0 Å². The molecule has 1 saturated carbocycles. The number of amides is 1. The van der Waals surface area contributed by atoms with Crippen molar-refractivity contribution in [3.8, 4) is 11.4 Å². The molecule has 0 spiro atoms. The number of benzene rings is 2. The highest BCUT2D eigenvalue weighted by molar-refractivity contribution is 7.99. The van der Waals surface area contributed by atoms with E-state index in [0.717, 1.165) is 30.0 Å². The fourth-order valence-corrected chi connectivity index (χ4v) is 4.39. The minimum absolute atomic E-state index is 0.0841. The Morgan fingerprint density at radius 2 is 1.84 bits per heavy atom. The number of ether oxygens (including phenoxy) is 1. The SMILES string of the molecule is CC(C)c1ccc(-n2cnnc2SCC(=O)Nc2ccc(OC3CCCC3)cc2)cc1. The van der Waals surface area contributed by atoms with Gasteiger partial charge in [-0.1, -0.05) is 37.7 Å². The second-order valence-electron chi connectivity index (χ2n) is 8.12. The molecule has 0 radical (unpaired) electrons. The zero-order valence-corrected chi connectivity index (χ0v) is 18.8. The third-order valence-corrected chi connectivity index (χ3v) is 6.37. The van der Waals surface area contributed by atoms with Crippen LogP contribution in [0.2, 0.25) is 0 Å². The molecule has 6 nitrogen and oxygen atoms in total. The van der Waals surface area contributed by atoms with Gasteiger partial charge in [-0.15, -0.1) is 10.2 Å². The summed E-state index contributed by atoms with van der Waals surface area (Å²) in [7, 11) is 0. The molecule has 0 bridgehead atoms. The average Bonchev–Trinajstić information content (AvgIpc) is 3.46. The van der Waals surface area contributed by atoms with Gasteiger partial charge in [-0.2, -0.15) is 0 Å². The number of hydrogen-bond donors (Lipinski definition) is 1. The van der Waals surface area contributed by atoms with E-state index < -0.39 is 0 Å². The molecule has 1 aliphatic carbocycles. The second-order valence-corrected chi connectivity index (χ2v) is 9.06. The van der Waals surface area contributed by atoms with Gasteiger partial charge in [-0.3, -0.25) is 9.36 Å². The quantitative estimate of drug-likeness (QED) is 0.476. The van der Waals surface area contributed by atoms with E-state index in [2.05, 4.69) is 53.6 Å². The van der Waals surface area contributed by atoms with Crippen LogP contribution in [-0.4, -0.2) is 32.5 Å². The Hall–Kier alpha value is -2.80. The first kappa shape index (κ1) is 21.4. The van der Waals surface area contributed by atoms with Gasteiger partial charge in [0.25, 0.3) is 0 Å². The van der Waals surface area contributed by atoms with Crippen molar-refractivity contribution in [2.75, 3.05) is 11.1 Å². The van der Waals surface area contributed by atoms with Crippen LogP contribution in [0.25, 0.3) is 5.69 Å². The molecular formula is C24H28N4O2S. The molecule has 0 saturated heterocycles. The largest absolute Gasteiger partial charge is 0.490 e. The molecule has 1 amide bonds. The number of carbonyl (C=O) groups excluding carboxylic acids is 1. The van der Waals surface area contributed by atoms with Crippen molar-refractivity contribution in [2.45, 2.75) is 56.7 Å². The zero-order valence-electron chi connectivity index (χ0n) is 18.0. The van der Waals surface area contributed by atoms with Crippen LogP contribution >= 0.6 is 11.8 Å². The van der Waals surface area contributed by atoms with Crippen molar-refractivity contribution >= 4 is 23.4 Å². The van der Waals surface area contributed by atoms with Crippen molar-refractivity contribution in [3.05, 3.63) is 60.4 Å². The number of thioether (sulfide) groups is 1. The van der Waals surface area contributed by atoms with E-state index in [0.29, 0.717) is 17.2 Å². The van der Waals surface area contributed by atoms with Gasteiger partial charge in [0.2, 0.25) is 5.91 Å². The van der Waals surface area contributed by atoms with E-state index in [1.807, 2.05) is 28.8 Å². The van der Waals surface area contributed by atoms with Crippen molar-refractivity contribution in [1.29, 1.82) is 0 Å². The van der Waals surface area contributed by atoms with Crippen LogP contribution in [0.4, 0.5) is 5.69 Å². The van der Waals surface area contributed by atoms with E-state index in [1.165, 1.54) is 30.2 Å². The van der Waals surface area contributed by atoms with Crippen molar-refractivity contribution in [2.24, 2.45) is 0 Å². The first-order valence-electron chi connectivity index (χ1n) is 10.8. The summed E-state index contributed by atoms with van der Waals surface area (Å²) in [5.41, 5.74) is 3.02. The molecular weight excluding hydrogens is 408 g/mol. The molecule has 7 heteroatoms. The predicted molar refractivity (Wildman–Crippen MR) is 124 cm³/mol. The lowest BCUT2D eigenvalue weighted by Crippen LogP contribution is -2.15. The van der Waals surface area contributed by atoms with E-state index in [1.54, 1.807) is 6.33 Å². The lowest BCUT2D eigenvalue weighted by Gasteiger charge is -2.13. The standard InChI is InChI=1S/C24H28N4O2S/c1-17(2)18-7-11-20(12-8-18)28-16-25-27-24(28)31-15-23(29)26-19-9-13-22(14-10-19)30-21-5-3-4-6-21/h7-14,16-17,21H,3-6,15H2,1-2H3,(H,26,29). The molecule has 2 aromatic carbocycles. The van der Waals surface area contributed by atoms with E-state index in [9.17, 15) is 4.79 Å². The van der Waals surface area contributed by atoms with Gasteiger partial charge >= 0.3 is 0 Å². The Kier molecular flexibility index (Phi) is 6.92. The van der Waals surface area contributed by atoms with E-state index in [-0.39, 0.29) is 11.7 Å². The molecule has 0 aliphatic heterocycles. The fourth-order valence-electron chi connectivity index (χ4n) is 3.66. The number of nitrogens with one attached hydrogen (secondary N) is 1. The second kappa shape index (κ2) is 10.0. The Labute approximate surface area is 187 Å². The zero-order chi connectivity index (χ0) is 21.6. The minimum atomic E-state index is -0.0841. The number of anilines is 1. The molecule has 31 heavy (non-hydrogen) atoms. The van der Waals surface area contributed by atoms with Crippen LogP contribution in [0.5, 0.6) is 5.75 Å². The maximum absolute atomic E-state index is 12.4. The van der Waals surface area contributed by atoms with Crippen LogP contribution in [0.15, 0.2) is 60.0 Å². The van der Waals surface area contributed by atoms with Crippen LogP contribution < -0.4 is 10.1 Å². The Morgan fingerprint density at radius 3 is 2.52 bits per heavy atom. The first-order valence-corrected chi connectivity index (χ1v) is 11.8. The number of carbonyl (C=O) groups is 1. The van der Waals surface area contributed by atoms with Gasteiger partial charge in [0, 0.05) is 11.4 Å². The summed E-state index contributed by atoms with van der Waals surface area (Å²) in [6.07, 6.45) is 6.75. The topological polar surface area (TPSA) is 69.0 Å². The average molecular weight is 437 g/mol. The van der Waals surface area contributed by atoms with Crippen LogP contribution in [-0.2, 0) is 4.79 Å². The molecule has 1 aromatic heterocycles. The minimum Gasteiger partial charge on any atom is -0.490 e. The molecule has 4 rings (SSSR count). The van der Waals surface area contributed by atoms with Gasteiger partial charge in [0.15, 0.2) is 5.16 Å². The fraction of sp³-hybridized carbons (Fsp3) is 0.375. The molecule has 1 heterocycles. The van der Waals surface area contributed by atoms with Crippen molar-refractivity contribution in [3.63, 3.8) is 0 Å². The highest BCUT2D eigenvalue weighted by Crippen LogP contribution is 2.25. The monoisotopic (exact) mass is 436 g/mol. The third-order valence-electron chi connectivity index (χ3n) is 5.43. The maximum atomic E-state index is 12.4. The Bertz CT molecular complexity index is 993. The lowest BCUT2D eigenvalue weighted by molar-refractivity contribution is -0.113. The normalized spacial score (nSPS) is 14.2. The lowest BCUT2D eigenvalue weighted by atomic mass is 10.0. The Balaban J connectivity index is 1.30. The molecule has 162 valence electrons. The third kappa shape index (κ3) is 5.67. The van der Waals surface area contributed by atoms with E-state index in [4.69, 9.17) is 4.74 Å². The number of aromatic nitrogens is 3. The van der Waals surface area contributed by atoms with Crippen LogP contribution in [0, 0.1) is 0 Å². The summed E-state index contributed by atoms with van der Waals surface area (Å²) in [4.78, 5) is 12.4. The first-order chi connectivity index (χ1) is 15.1. The summed E-state index contributed by atoms with van der Waals surface area (Å²) >= 11 is 1.36. The molecule has 3 aromatic rings. The summed E-state index contributed by atoms with van der Waals surface area (Å²) in [5, 5.41) is 11.8. The summed E-state index contributed by atoms with van der Waals surface area (Å²) in [6.45, 7) is 4.34.